The predicted octanol–water partition coefficient (Wildman–Crippen LogP) is 2.52. The number of rotatable bonds is 7. The van der Waals surface area contributed by atoms with E-state index in [1.165, 1.54) is 24.2 Å². The molecule has 100 valence electrons. The number of carbonyl (C=O) groups is 1. The molecule has 1 aromatic rings. The lowest BCUT2D eigenvalue weighted by Crippen LogP contribution is -2.37. The number of anilines is 1. The van der Waals surface area contributed by atoms with Gasteiger partial charge in [-0.1, -0.05) is 11.3 Å². The average molecular weight is 268 g/mol. The third-order valence-electron chi connectivity index (χ3n) is 3.51. The maximum absolute atomic E-state index is 10.9. The molecule has 1 aromatic heterocycles. The van der Waals surface area contributed by atoms with Gasteiger partial charge in [-0.2, -0.15) is 0 Å². The largest absolute Gasteiger partial charge is 0.383 e. The topological polar surface area (TPSA) is 42.4 Å². The second-order valence-corrected chi connectivity index (χ2v) is 5.84. The van der Waals surface area contributed by atoms with Crippen molar-refractivity contribution in [3.63, 3.8) is 0 Å². The Hall–Kier alpha value is -0.940. The second-order valence-electron chi connectivity index (χ2n) is 4.83. The highest BCUT2D eigenvalue weighted by atomic mass is 32.1. The molecule has 5 heteroatoms. The molecular formula is C13H20N2O2S. The van der Waals surface area contributed by atoms with Crippen LogP contribution in [0.15, 0.2) is 0 Å². The maximum atomic E-state index is 10.9. The van der Waals surface area contributed by atoms with Crippen molar-refractivity contribution >= 4 is 22.8 Å². The third kappa shape index (κ3) is 2.90. The summed E-state index contributed by atoms with van der Waals surface area (Å²) < 4.78 is 5.17. The van der Waals surface area contributed by atoms with Crippen LogP contribution in [0.4, 0.5) is 5.13 Å². The smallest absolute Gasteiger partial charge is 0.186 e. The van der Waals surface area contributed by atoms with Crippen LogP contribution < -0.4 is 4.90 Å². The van der Waals surface area contributed by atoms with Gasteiger partial charge in [0.1, 0.15) is 0 Å². The van der Waals surface area contributed by atoms with E-state index >= 15 is 0 Å². The van der Waals surface area contributed by atoms with Crippen molar-refractivity contribution < 1.29 is 9.53 Å². The summed E-state index contributed by atoms with van der Waals surface area (Å²) in [4.78, 5) is 18.5. The predicted molar refractivity (Wildman–Crippen MR) is 73.6 cm³/mol. The first-order valence-corrected chi connectivity index (χ1v) is 7.17. The summed E-state index contributed by atoms with van der Waals surface area (Å²) in [5.74, 6) is 0.769. The van der Waals surface area contributed by atoms with Crippen LogP contribution in [-0.4, -0.2) is 37.6 Å². The summed E-state index contributed by atoms with van der Waals surface area (Å²) in [6.07, 6.45) is 3.50. The van der Waals surface area contributed by atoms with E-state index in [1.807, 2.05) is 6.92 Å². The molecule has 1 aliphatic rings. The first-order chi connectivity index (χ1) is 8.67. The SMILES string of the molecule is COCCN(c1nc(C)c(C=O)s1)C(C)C1CC1. The van der Waals surface area contributed by atoms with Gasteiger partial charge in [-0.15, -0.1) is 0 Å². The van der Waals surface area contributed by atoms with Crippen LogP contribution in [0.25, 0.3) is 0 Å². The van der Waals surface area contributed by atoms with E-state index in [9.17, 15) is 4.79 Å². The number of carbonyl (C=O) groups excluding carboxylic acids is 1. The molecule has 0 aromatic carbocycles. The molecule has 0 N–H and O–H groups in total. The molecular weight excluding hydrogens is 248 g/mol. The van der Waals surface area contributed by atoms with Gasteiger partial charge in [-0.05, 0) is 32.6 Å². The number of ether oxygens (including phenoxy) is 1. The fourth-order valence-electron chi connectivity index (χ4n) is 2.12. The van der Waals surface area contributed by atoms with E-state index in [2.05, 4.69) is 16.8 Å². The molecule has 1 atom stereocenters. The molecule has 1 heterocycles. The Bertz CT molecular complexity index is 415. The average Bonchev–Trinajstić information content (AvgIpc) is 3.14. The highest BCUT2D eigenvalue weighted by Crippen LogP contribution is 2.38. The van der Waals surface area contributed by atoms with Crippen LogP contribution in [0.1, 0.15) is 35.1 Å². The van der Waals surface area contributed by atoms with E-state index < -0.39 is 0 Å². The molecule has 2 rings (SSSR count). The van der Waals surface area contributed by atoms with Crippen molar-refractivity contribution in [3.8, 4) is 0 Å². The molecule has 0 saturated heterocycles. The Kier molecular flexibility index (Phi) is 4.35. The Morgan fingerprint density at radius 1 is 1.61 bits per heavy atom. The lowest BCUT2D eigenvalue weighted by molar-refractivity contribution is 0.112. The van der Waals surface area contributed by atoms with Crippen molar-refractivity contribution in [3.05, 3.63) is 10.6 Å². The Morgan fingerprint density at radius 3 is 2.83 bits per heavy atom. The lowest BCUT2D eigenvalue weighted by atomic mass is 10.2. The van der Waals surface area contributed by atoms with Crippen LogP contribution in [0.5, 0.6) is 0 Å². The molecule has 4 nitrogen and oxygen atoms in total. The van der Waals surface area contributed by atoms with Gasteiger partial charge in [-0.3, -0.25) is 4.79 Å². The van der Waals surface area contributed by atoms with Crippen molar-refractivity contribution in [1.82, 2.24) is 4.98 Å². The Morgan fingerprint density at radius 2 is 2.33 bits per heavy atom. The molecule has 0 amide bonds. The number of nitrogens with zero attached hydrogens (tertiary/aromatic N) is 2. The fraction of sp³-hybridized carbons (Fsp3) is 0.692. The normalized spacial score (nSPS) is 16.6. The second kappa shape index (κ2) is 5.80. The molecule has 0 radical (unpaired) electrons. The van der Waals surface area contributed by atoms with Gasteiger partial charge in [0.15, 0.2) is 11.4 Å². The molecule has 0 spiro atoms. The van der Waals surface area contributed by atoms with Gasteiger partial charge in [0.05, 0.1) is 17.2 Å². The minimum atomic E-state index is 0.477. The zero-order valence-corrected chi connectivity index (χ0v) is 12.0. The molecule has 0 aliphatic heterocycles. The van der Waals surface area contributed by atoms with Crippen molar-refractivity contribution in [2.45, 2.75) is 32.7 Å². The monoisotopic (exact) mass is 268 g/mol. The summed E-state index contributed by atoms with van der Waals surface area (Å²) in [6, 6.07) is 0.477. The van der Waals surface area contributed by atoms with Gasteiger partial charge in [0.25, 0.3) is 0 Å². The minimum absolute atomic E-state index is 0.477. The fourth-order valence-corrected chi connectivity index (χ4v) is 3.12. The highest BCUT2D eigenvalue weighted by molar-refractivity contribution is 7.17. The van der Waals surface area contributed by atoms with Gasteiger partial charge in [0, 0.05) is 19.7 Å². The lowest BCUT2D eigenvalue weighted by Gasteiger charge is -2.28. The van der Waals surface area contributed by atoms with Crippen LogP contribution >= 0.6 is 11.3 Å². The van der Waals surface area contributed by atoms with Crippen LogP contribution in [0.3, 0.4) is 0 Å². The van der Waals surface area contributed by atoms with E-state index in [-0.39, 0.29) is 0 Å². The summed E-state index contributed by atoms with van der Waals surface area (Å²) >= 11 is 1.48. The summed E-state index contributed by atoms with van der Waals surface area (Å²) in [5, 5.41) is 0.950. The summed E-state index contributed by atoms with van der Waals surface area (Å²) in [7, 11) is 1.71. The number of aryl methyl sites for hydroxylation is 1. The van der Waals surface area contributed by atoms with Gasteiger partial charge >= 0.3 is 0 Å². The first-order valence-electron chi connectivity index (χ1n) is 6.35. The van der Waals surface area contributed by atoms with Crippen molar-refractivity contribution in [2.75, 3.05) is 25.2 Å². The molecule has 0 bridgehead atoms. The quantitative estimate of drug-likeness (QED) is 0.713. The zero-order chi connectivity index (χ0) is 13.1. The standard InChI is InChI=1S/C13H20N2O2S/c1-9-12(8-16)18-13(14-9)15(6-7-17-3)10(2)11-4-5-11/h8,10-11H,4-7H2,1-3H3. The van der Waals surface area contributed by atoms with Crippen LogP contribution in [0, 0.1) is 12.8 Å². The molecule has 1 unspecified atom stereocenters. The van der Waals surface area contributed by atoms with Crippen LogP contribution in [0.2, 0.25) is 0 Å². The molecule has 1 saturated carbocycles. The van der Waals surface area contributed by atoms with E-state index in [0.29, 0.717) is 12.6 Å². The first kappa shape index (κ1) is 13.5. The Balaban J connectivity index is 2.17. The highest BCUT2D eigenvalue weighted by Gasteiger charge is 2.33. The molecule has 18 heavy (non-hydrogen) atoms. The maximum Gasteiger partial charge on any atom is 0.186 e. The molecule has 1 aliphatic carbocycles. The van der Waals surface area contributed by atoms with E-state index in [1.54, 1.807) is 7.11 Å². The number of aldehydes is 1. The number of methoxy groups -OCH3 is 1. The van der Waals surface area contributed by atoms with Crippen LogP contribution in [-0.2, 0) is 4.74 Å². The van der Waals surface area contributed by atoms with Crippen molar-refractivity contribution in [2.24, 2.45) is 5.92 Å². The molecule has 1 fully saturated rings. The summed E-state index contributed by atoms with van der Waals surface area (Å²) in [6.45, 7) is 5.65. The van der Waals surface area contributed by atoms with Gasteiger partial charge in [-0.25, -0.2) is 4.98 Å². The number of aromatic nitrogens is 1. The van der Waals surface area contributed by atoms with Gasteiger partial charge < -0.3 is 9.64 Å². The minimum Gasteiger partial charge on any atom is -0.383 e. The van der Waals surface area contributed by atoms with Crippen molar-refractivity contribution in [1.29, 1.82) is 0 Å². The van der Waals surface area contributed by atoms with E-state index in [4.69, 9.17) is 4.74 Å². The zero-order valence-electron chi connectivity index (χ0n) is 11.2. The third-order valence-corrected chi connectivity index (χ3v) is 4.63. The summed E-state index contributed by atoms with van der Waals surface area (Å²) in [5.41, 5.74) is 0.829. The number of hydrogen-bond acceptors (Lipinski definition) is 5. The van der Waals surface area contributed by atoms with E-state index in [0.717, 1.165) is 34.5 Å². The van der Waals surface area contributed by atoms with Gasteiger partial charge in [0.2, 0.25) is 0 Å². The number of hydrogen-bond donors (Lipinski definition) is 0. The Labute approximate surface area is 112 Å². The number of thiazole rings is 1.